The van der Waals surface area contributed by atoms with Crippen LogP contribution in [0.5, 0.6) is 0 Å². The lowest BCUT2D eigenvalue weighted by Crippen LogP contribution is -2.13. The predicted octanol–water partition coefficient (Wildman–Crippen LogP) is 2.87. The van der Waals surface area contributed by atoms with E-state index in [1.807, 2.05) is 38.1 Å². The second kappa shape index (κ2) is 7.85. The minimum absolute atomic E-state index is 0.0635. The van der Waals surface area contributed by atoms with E-state index >= 15 is 0 Å². The maximum atomic E-state index is 11.5. The molecule has 0 aliphatic rings. The number of esters is 1. The van der Waals surface area contributed by atoms with Crippen LogP contribution in [0.1, 0.15) is 18.1 Å². The molecule has 0 amide bonds. The number of nitriles is 1. The Kier molecular flexibility index (Phi) is 6.15. The topological polar surface area (TPSA) is 65.7 Å². The van der Waals surface area contributed by atoms with Crippen molar-refractivity contribution in [2.24, 2.45) is 4.99 Å². The summed E-state index contributed by atoms with van der Waals surface area (Å²) in [5.74, 6) is -0.633. The fourth-order valence-electron chi connectivity index (χ4n) is 1.68. The summed E-state index contributed by atoms with van der Waals surface area (Å²) >= 11 is 0. The standard InChI is InChI=1S/C16H19N3O2/c1-5-21-16(20)14(9-17)10-19(4)11-18-15-7-6-12(2)8-13(15)3/h6-8,10-11H,5H2,1-4H3. The van der Waals surface area contributed by atoms with Gasteiger partial charge in [-0.25, -0.2) is 9.79 Å². The first-order chi connectivity index (χ1) is 9.97. The van der Waals surface area contributed by atoms with E-state index in [9.17, 15) is 4.79 Å². The van der Waals surface area contributed by atoms with Crippen LogP contribution in [0.25, 0.3) is 0 Å². The van der Waals surface area contributed by atoms with Crippen molar-refractivity contribution in [1.29, 1.82) is 5.26 Å². The molecule has 1 rings (SSSR count). The molecule has 1 aromatic carbocycles. The number of aliphatic imine (C=N–C) groups is 1. The fraction of sp³-hybridized carbons (Fsp3) is 0.312. The summed E-state index contributed by atoms with van der Waals surface area (Å²) in [6, 6.07) is 7.77. The SMILES string of the molecule is CCOC(=O)C(C#N)=CN(C)C=Nc1ccc(C)cc1C. The molecular formula is C16H19N3O2. The number of rotatable bonds is 5. The number of benzene rings is 1. The van der Waals surface area contributed by atoms with Crippen LogP contribution in [-0.2, 0) is 9.53 Å². The lowest BCUT2D eigenvalue weighted by atomic mass is 10.1. The Balaban J connectivity index is 2.84. The molecular weight excluding hydrogens is 266 g/mol. The predicted molar refractivity (Wildman–Crippen MR) is 82.2 cm³/mol. The zero-order valence-electron chi connectivity index (χ0n) is 12.8. The van der Waals surface area contributed by atoms with Gasteiger partial charge in [0.2, 0.25) is 0 Å². The van der Waals surface area contributed by atoms with Gasteiger partial charge in [-0.3, -0.25) is 0 Å². The molecule has 0 N–H and O–H groups in total. The van der Waals surface area contributed by atoms with Gasteiger partial charge in [0, 0.05) is 13.2 Å². The van der Waals surface area contributed by atoms with Gasteiger partial charge in [-0.15, -0.1) is 0 Å². The third-order valence-electron chi connectivity index (χ3n) is 2.68. The summed E-state index contributed by atoms with van der Waals surface area (Å²) in [4.78, 5) is 17.4. The average molecular weight is 285 g/mol. The van der Waals surface area contributed by atoms with E-state index in [2.05, 4.69) is 4.99 Å². The Hall–Kier alpha value is -2.61. The zero-order valence-corrected chi connectivity index (χ0v) is 12.8. The quantitative estimate of drug-likeness (QED) is 0.274. The van der Waals surface area contributed by atoms with Gasteiger partial charge in [0.05, 0.1) is 18.6 Å². The van der Waals surface area contributed by atoms with Gasteiger partial charge in [0.25, 0.3) is 0 Å². The molecule has 0 aromatic heterocycles. The summed E-state index contributed by atoms with van der Waals surface area (Å²) in [6.45, 7) is 5.93. The van der Waals surface area contributed by atoms with Crippen LogP contribution in [0, 0.1) is 25.2 Å². The monoisotopic (exact) mass is 285 g/mol. The molecule has 0 bridgehead atoms. The Labute approximate surface area is 125 Å². The molecule has 1 aromatic rings. The first-order valence-corrected chi connectivity index (χ1v) is 6.60. The molecule has 0 aliphatic carbocycles. The molecule has 5 heteroatoms. The van der Waals surface area contributed by atoms with Gasteiger partial charge < -0.3 is 9.64 Å². The number of carbonyl (C=O) groups is 1. The number of hydrogen-bond acceptors (Lipinski definition) is 4. The summed E-state index contributed by atoms with van der Waals surface area (Å²) in [7, 11) is 1.70. The van der Waals surface area contributed by atoms with Crippen molar-refractivity contribution < 1.29 is 9.53 Å². The van der Waals surface area contributed by atoms with Crippen LogP contribution >= 0.6 is 0 Å². The Morgan fingerprint density at radius 1 is 1.48 bits per heavy atom. The van der Waals surface area contributed by atoms with Gasteiger partial charge in [-0.1, -0.05) is 17.7 Å². The van der Waals surface area contributed by atoms with Gasteiger partial charge in [-0.05, 0) is 32.4 Å². The third-order valence-corrected chi connectivity index (χ3v) is 2.68. The molecule has 21 heavy (non-hydrogen) atoms. The second-order valence-corrected chi connectivity index (χ2v) is 4.58. The minimum atomic E-state index is -0.633. The van der Waals surface area contributed by atoms with Gasteiger partial charge >= 0.3 is 5.97 Å². The Morgan fingerprint density at radius 2 is 2.19 bits per heavy atom. The first-order valence-electron chi connectivity index (χ1n) is 6.60. The normalized spacial score (nSPS) is 11.3. The first kappa shape index (κ1) is 16.4. The van der Waals surface area contributed by atoms with Crippen LogP contribution in [0.4, 0.5) is 5.69 Å². The molecule has 5 nitrogen and oxygen atoms in total. The number of carbonyl (C=O) groups excluding carboxylic acids is 1. The van der Waals surface area contributed by atoms with Crippen LogP contribution in [-0.4, -0.2) is 30.9 Å². The average Bonchev–Trinajstić information content (AvgIpc) is 2.44. The summed E-state index contributed by atoms with van der Waals surface area (Å²) < 4.78 is 4.79. The van der Waals surface area contributed by atoms with Crippen molar-refractivity contribution in [2.45, 2.75) is 20.8 Å². The maximum absolute atomic E-state index is 11.5. The summed E-state index contributed by atoms with van der Waals surface area (Å²) in [6.07, 6.45) is 2.94. The highest BCUT2D eigenvalue weighted by atomic mass is 16.5. The van der Waals surface area contributed by atoms with E-state index in [0.717, 1.165) is 11.3 Å². The molecule has 0 atom stereocenters. The lowest BCUT2D eigenvalue weighted by Gasteiger charge is -2.08. The molecule has 0 fully saturated rings. The number of aryl methyl sites for hydroxylation is 2. The fourth-order valence-corrected chi connectivity index (χ4v) is 1.68. The van der Waals surface area contributed by atoms with Gasteiger partial charge in [-0.2, -0.15) is 5.26 Å². The van der Waals surface area contributed by atoms with Crippen molar-refractivity contribution in [3.05, 3.63) is 41.1 Å². The van der Waals surface area contributed by atoms with E-state index in [1.54, 1.807) is 25.2 Å². The third kappa shape index (κ3) is 5.11. The number of ether oxygens (including phenoxy) is 1. The van der Waals surface area contributed by atoms with Crippen LogP contribution < -0.4 is 0 Å². The van der Waals surface area contributed by atoms with Crippen molar-refractivity contribution >= 4 is 18.0 Å². The maximum Gasteiger partial charge on any atom is 0.350 e. The van der Waals surface area contributed by atoms with E-state index in [1.165, 1.54) is 11.8 Å². The highest BCUT2D eigenvalue weighted by molar-refractivity contribution is 5.92. The summed E-state index contributed by atoms with van der Waals surface area (Å²) in [5, 5.41) is 8.94. The Morgan fingerprint density at radius 3 is 2.76 bits per heavy atom. The van der Waals surface area contributed by atoms with E-state index in [0.29, 0.717) is 0 Å². The highest BCUT2D eigenvalue weighted by Crippen LogP contribution is 2.18. The van der Waals surface area contributed by atoms with Crippen LogP contribution in [0.15, 0.2) is 35.0 Å². The molecule has 0 aliphatic heterocycles. The minimum Gasteiger partial charge on any atom is -0.462 e. The van der Waals surface area contributed by atoms with E-state index < -0.39 is 5.97 Å². The molecule has 0 heterocycles. The molecule has 0 spiro atoms. The molecule has 110 valence electrons. The number of hydrogen-bond donors (Lipinski definition) is 0. The second-order valence-electron chi connectivity index (χ2n) is 4.58. The van der Waals surface area contributed by atoms with Gasteiger partial charge in [0.15, 0.2) is 5.57 Å². The van der Waals surface area contributed by atoms with Crippen LogP contribution in [0.2, 0.25) is 0 Å². The van der Waals surface area contributed by atoms with E-state index in [-0.39, 0.29) is 12.2 Å². The smallest absolute Gasteiger partial charge is 0.350 e. The zero-order chi connectivity index (χ0) is 15.8. The van der Waals surface area contributed by atoms with Crippen molar-refractivity contribution in [3.8, 4) is 6.07 Å². The molecule has 0 saturated carbocycles. The Bertz CT molecular complexity index is 612. The molecule has 0 radical (unpaired) electrons. The van der Waals surface area contributed by atoms with Gasteiger partial charge in [0.1, 0.15) is 6.07 Å². The van der Waals surface area contributed by atoms with Crippen molar-refractivity contribution in [1.82, 2.24) is 4.90 Å². The molecule has 0 saturated heterocycles. The van der Waals surface area contributed by atoms with E-state index in [4.69, 9.17) is 10.00 Å². The highest BCUT2D eigenvalue weighted by Gasteiger charge is 2.09. The largest absolute Gasteiger partial charge is 0.462 e. The van der Waals surface area contributed by atoms with Crippen molar-refractivity contribution in [3.63, 3.8) is 0 Å². The lowest BCUT2D eigenvalue weighted by molar-refractivity contribution is -0.138. The molecule has 0 unspecified atom stereocenters. The van der Waals surface area contributed by atoms with Crippen LogP contribution in [0.3, 0.4) is 0 Å². The number of nitrogens with zero attached hydrogens (tertiary/aromatic N) is 3. The van der Waals surface area contributed by atoms with Crippen molar-refractivity contribution in [2.75, 3.05) is 13.7 Å². The summed E-state index contributed by atoms with van der Waals surface area (Å²) in [5.41, 5.74) is 3.02.